The maximum atomic E-state index is 13.5. The molecule has 2 aliphatic rings. The minimum absolute atomic E-state index is 0.223. The molecule has 2 aromatic heterocycles. The molecule has 1 N–H and O–H groups in total. The zero-order valence-corrected chi connectivity index (χ0v) is 22.9. The van der Waals surface area contributed by atoms with Gasteiger partial charge in [-0.05, 0) is 89.4 Å². The lowest BCUT2D eigenvalue weighted by Gasteiger charge is -2.40. The normalized spacial score (nSPS) is 18.6. The summed E-state index contributed by atoms with van der Waals surface area (Å²) in [5.41, 5.74) is 1.61. The molecule has 38 heavy (non-hydrogen) atoms. The number of ketones is 1. The molecular weight excluding hydrogens is 503 g/mol. The van der Waals surface area contributed by atoms with E-state index < -0.39 is 6.10 Å². The molecule has 0 amide bonds. The topological polar surface area (TPSA) is 78.5 Å². The number of H-pyrrole nitrogens is 1. The first-order valence-electron chi connectivity index (χ1n) is 13.9. The molecule has 0 aliphatic carbocycles. The molecular formula is C29H37FN4O3S. The number of esters is 1. The van der Waals surface area contributed by atoms with Crippen molar-refractivity contribution in [3.05, 3.63) is 51.9 Å². The van der Waals surface area contributed by atoms with Crippen LogP contribution in [-0.2, 0) is 9.53 Å². The number of hydrogen-bond donors (Lipinski definition) is 1. The predicted molar refractivity (Wildman–Crippen MR) is 147 cm³/mol. The van der Waals surface area contributed by atoms with Gasteiger partial charge in [0.2, 0.25) is 5.78 Å². The molecule has 5 rings (SSSR count). The van der Waals surface area contributed by atoms with Crippen LogP contribution in [0.2, 0.25) is 0 Å². The van der Waals surface area contributed by atoms with Crippen molar-refractivity contribution in [3.63, 3.8) is 0 Å². The highest BCUT2D eigenvalue weighted by molar-refractivity contribution is 7.12. The summed E-state index contributed by atoms with van der Waals surface area (Å²) in [6.07, 6.45) is 9.36. The summed E-state index contributed by atoms with van der Waals surface area (Å²) in [7, 11) is 0. The van der Waals surface area contributed by atoms with Crippen molar-refractivity contribution < 1.29 is 18.7 Å². The summed E-state index contributed by atoms with van der Waals surface area (Å²) in [5.74, 6) is -0.816. The van der Waals surface area contributed by atoms with E-state index in [1.807, 2.05) is 6.92 Å². The third kappa shape index (κ3) is 6.33. The van der Waals surface area contributed by atoms with Crippen LogP contribution in [0.15, 0.2) is 29.8 Å². The van der Waals surface area contributed by atoms with Crippen molar-refractivity contribution in [3.8, 4) is 0 Å². The number of likely N-dealkylation sites (tertiary alicyclic amines) is 2. The van der Waals surface area contributed by atoms with Gasteiger partial charge in [-0.2, -0.15) is 0 Å². The number of rotatable bonds is 10. The molecule has 0 saturated carbocycles. The highest BCUT2D eigenvalue weighted by Gasteiger charge is 2.26. The van der Waals surface area contributed by atoms with Gasteiger partial charge in [0, 0.05) is 34.9 Å². The van der Waals surface area contributed by atoms with Crippen molar-refractivity contribution in [1.29, 1.82) is 0 Å². The second-order valence-corrected chi connectivity index (χ2v) is 11.3. The number of nitrogens with zero attached hydrogens (tertiary/aromatic N) is 3. The fraction of sp³-hybridized carbons (Fsp3) is 0.552. The maximum absolute atomic E-state index is 13.5. The number of carbonyl (C=O) groups is 2. The van der Waals surface area contributed by atoms with Crippen LogP contribution in [0.3, 0.4) is 0 Å². The van der Waals surface area contributed by atoms with Gasteiger partial charge in [0.25, 0.3) is 0 Å². The average molecular weight is 541 g/mol. The summed E-state index contributed by atoms with van der Waals surface area (Å²) < 4.78 is 19.3. The van der Waals surface area contributed by atoms with E-state index in [0.717, 1.165) is 32.1 Å². The maximum Gasteiger partial charge on any atom is 0.306 e. The van der Waals surface area contributed by atoms with Gasteiger partial charge in [0.15, 0.2) is 5.01 Å². The van der Waals surface area contributed by atoms with Crippen molar-refractivity contribution in [2.45, 2.75) is 70.4 Å². The van der Waals surface area contributed by atoms with Gasteiger partial charge in [0.1, 0.15) is 11.9 Å². The van der Waals surface area contributed by atoms with Crippen molar-refractivity contribution in [1.82, 2.24) is 19.8 Å². The Morgan fingerprint density at radius 2 is 1.97 bits per heavy atom. The minimum atomic E-state index is -0.474. The Kier molecular flexibility index (Phi) is 8.86. The van der Waals surface area contributed by atoms with Gasteiger partial charge in [-0.25, -0.2) is 9.37 Å². The lowest BCUT2D eigenvalue weighted by Crippen LogP contribution is -2.46. The molecule has 9 heteroatoms. The number of aromatic nitrogens is 2. The number of hydrogen-bond acceptors (Lipinski definition) is 7. The first kappa shape index (κ1) is 27.0. The number of carbonyl (C=O) groups excluding carboxylic acids is 2. The number of ether oxygens (including phenoxy) is 1. The van der Waals surface area contributed by atoms with Crippen LogP contribution < -0.4 is 0 Å². The molecule has 0 bridgehead atoms. The number of halogens is 1. The zero-order chi connectivity index (χ0) is 26.5. The van der Waals surface area contributed by atoms with Gasteiger partial charge in [0.05, 0.1) is 11.3 Å². The standard InChI is InChI=1S/C29H37FN4O3S/c1-2-26(25-19-38-29(32-25)28(36)23-18-31-24-17-20(30)8-9-22(23)24)37-27(35)7-6-12-33-15-10-21(11-16-33)34-13-4-3-5-14-34/h8-9,17-19,21,26,31H,2-7,10-16H2,1H3/t26-/m0/s1. The van der Waals surface area contributed by atoms with Crippen LogP contribution in [-0.4, -0.2) is 70.3 Å². The van der Waals surface area contributed by atoms with Crippen molar-refractivity contribution in [2.24, 2.45) is 0 Å². The third-order valence-electron chi connectivity index (χ3n) is 7.90. The first-order chi connectivity index (χ1) is 18.5. The molecule has 3 aromatic rings. The summed E-state index contributed by atoms with van der Waals surface area (Å²) in [6, 6.07) is 5.03. The Hall–Kier alpha value is -2.62. The molecule has 0 radical (unpaired) electrons. The van der Waals surface area contributed by atoms with Gasteiger partial charge in [-0.1, -0.05) is 13.3 Å². The van der Waals surface area contributed by atoms with E-state index in [1.165, 1.54) is 68.7 Å². The summed E-state index contributed by atoms with van der Waals surface area (Å²) >= 11 is 1.24. The van der Waals surface area contributed by atoms with E-state index in [-0.39, 0.29) is 17.6 Å². The Labute approximate surface area is 227 Å². The van der Waals surface area contributed by atoms with E-state index in [4.69, 9.17) is 4.74 Å². The van der Waals surface area contributed by atoms with Crippen molar-refractivity contribution in [2.75, 3.05) is 32.7 Å². The van der Waals surface area contributed by atoms with Crippen molar-refractivity contribution >= 4 is 34.0 Å². The van der Waals surface area contributed by atoms with Gasteiger partial charge in [-0.15, -0.1) is 11.3 Å². The van der Waals surface area contributed by atoms with Gasteiger partial charge in [-0.3, -0.25) is 9.59 Å². The minimum Gasteiger partial charge on any atom is -0.456 e. The lowest BCUT2D eigenvalue weighted by molar-refractivity contribution is -0.150. The highest BCUT2D eigenvalue weighted by Crippen LogP contribution is 2.28. The number of fused-ring (bicyclic) bond motifs is 1. The number of nitrogens with one attached hydrogen (secondary N) is 1. The SMILES string of the molecule is CC[C@H](OC(=O)CCCN1CCC(N2CCCCC2)CC1)c1csc(C(=O)c2c[nH]c3cc(F)ccc23)n1. The van der Waals surface area contributed by atoms with Crippen LogP contribution >= 0.6 is 11.3 Å². The fourth-order valence-corrected chi connectivity index (χ4v) is 6.56. The molecule has 0 spiro atoms. The van der Waals surface area contributed by atoms with E-state index in [2.05, 4.69) is 19.8 Å². The molecule has 1 aromatic carbocycles. The average Bonchev–Trinajstić information content (AvgIpc) is 3.60. The molecule has 2 saturated heterocycles. The highest BCUT2D eigenvalue weighted by atomic mass is 32.1. The number of piperidine rings is 2. The second kappa shape index (κ2) is 12.5. The lowest BCUT2D eigenvalue weighted by atomic mass is 10.00. The fourth-order valence-electron chi connectivity index (χ4n) is 5.75. The monoisotopic (exact) mass is 540 g/mol. The third-order valence-corrected chi connectivity index (χ3v) is 8.76. The smallest absolute Gasteiger partial charge is 0.306 e. The van der Waals surface area contributed by atoms with E-state index >= 15 is 0 Å². The van der Waals surface area contributed by atoms with Crippen LogP contribution in [0.25, 0.3) is 10.9 Å². The Morgan fingerprint density at radius 1 is 1.18 bits per heavy atom. The summed E-state index contributed by atoms with van der Waals surface area (Å²) in [6.45, 7) is 7.59. The molecule has 4 heterocycles. The predicted octanol–water partition coefficient (Wildman–Crippen LogP) is 5.72. The van der Waals surface area contributed by atoms with Crippen LogP contribution in [0.4, 0.5) is 4.39 Å². The second-order valence-electron chi connectivity index (χ2n) is 10.5. The molecule has 7 nitrogen and oxygen atoms in total. The molecule has 2 fully saturated rings. The number of aromatic amines is 1. The number of benzene rings is 1. The van der Waals surface area contributed by atoms with Crippen LogP contribution in [0, 0.1) is 5.82 Å². The van der Waals surface area contributed by atoms with Gasteiger partial charge < -0.3 is 19.5 Å². The first-order valence-corrected chi connectivity index (χ1v) is 14.8. The molecule has 0 unspecified atom stereocenters. The molecule has 2 aliphatic heterocycles. The molecule has 1 atom stereocenters. The molecule has 204 valence electrons. The van der Waals surface area contributed by atoms with E-state index in [0.29, 0.717) is 40.0 Å². The zero-order valence-electron chi connectivity index (χ0n) is 22.1. The quantitative estimate of drug-likeness (QED) is 0.262. The Bertz CT molecular complexity index is 1240. The summed E-state index contributed by atoms with van der Waals surface area (Å²) in [4.78, 5) is 38.3. The van der Waals surface area contributed by atoms with Crippen LogP contribution in [0.5, 0.6) is 0 Å². The summed E-state index contributed by atoms with van der Waals surface area (Å²) in [5, 5.41) is 2.77. The van der Waals surface area contributed by atoms with E-state index in [9.17, 15) is 14.0 Å². The Morgan fingerprint density at radius 3 is 2.74 bits per heavy atom. The number of thiazole rings is 1. The van der Waals surface area contributed by atoms with Gasteiger partial charge >= 0.3 is 5.97 Å². The largest absolute Gasteiger partial charge is 0.456 e. The van der Waals surface area contributed by atoms with Crippen LogP contribution in [0.1, 0.15) is 85.5 Å². The Balaban J connectivity index is 1.08. The van der Waals surface area contributed by atoms with E-state index in [1.54, 1.807) is 17.6 Å².